The zero-order chi connectivity index (χ0) is 20.7. The third-order valence-electron chi connectivity index (χ3n) is 4.12. The molecular weight excluding hydrogens is 420 g/mol. The molecule has 0 aliphatic rings. The molecule has 0 saturated heterocycles. The van der Waals surface area contributed by atoms with Crippen molar-refractivity contribution in [1.29, 1.82) is 0 Å². The highest BCUT2D eigenvalue weighted by Crippen LogP contribution is 2.25. The summed E-state index contributed by atoms with van der Waals surface area (Å²) in [6, 6.07) is 6.90. The Morgan fingerprint density at radius 3 is 2.54 bits per heavy atom. The fourth-order valence-corrected chi connectivity index (χ4v) is 3.98. The molecular formula is C19H25ClN2O4S2. The van der Waals surface area contributed by atoms with Crippen LogP contribution in [0.25, 0.3) is 5.69 Å². The number of thioether (sulfide) groups is 1. The van der Waals surface area contributed by atoms with Gasteiger partial charge in [0.25, 0.3) is 5.56 Å². The van der Waals surface area contributed by atoms with Crippen molar-refractivity contribution in [1.82, 2.24) is 9.55 Å². The van der Waals surface area contributed by atoms with Gasteiger partial charge in [0.05, 0.1) is 17.5 Å². The highest BCUT2D eigenvalue weighted by molar-refractivity contribution is 7.98. The molecule has 1 aromatic carbocycles. The first kappa shape index (κ1) is 22.8. The molecule has 154 valence electrons. The number of rotatable bonds is 10. The summed E-state index contributed by atoms with van der Waals surface area (Å²) in [5.74, 6) is -0.134. The van der Waals surface area contributed by atoms with Crippen LogP contribution >= 0.6 is 23.4 Å². The van der Waals surface area contributed by atoms with Crippen LogP contribution in [0.15, 0.2) is 34.2 Å². The molecule has 0 aliphatic heterocycles. The van der Waals surface area contributed by atoms with Gasteiger partial charge in [-0.25, -0.2) is 0 Å². The number of unbranched alkanes of at least 4 members (excludes halogenated alkanes) is 4. The van der Waals surface area contributed by atoms with E-state index in [0.29, 0.717) is 22.3 Å². The molecule has 28 heavy (non-hydrogen) atoms. The number of halogens is 1. The van der Waals surface area contributed by atoms with E-state index in [-0.39, 0.29) is 17.0 Å². The largest absolute Gasteiger partial charge is 0.361 e. The van der Waals surface area contributed by atoms with Crippen molar-refractivity contribution in [2.75, 3.05) is 12.5 Å². The third-order valence-corrected chi connectivity index (χ3v) is 5.45. The molecule has 6 nitrogen and oxygen atoms in total. The van der Waals surface area contributed by atoms with Crippen molar-refractivity contribution in [3.05, 3.63) is 45.2 Å². The van der Waals surface area contributed by atoms with E-state index in [2.05, 4.69) is 11.9 Å². The number of benzene rings is 1. The Morgan fingerprint density at radius 2 is 1.93 bits per heavy atom. The van der Waals surface area contributed by atoms with Gasteiger partial charge in [-0.2, -0.15) is 13.4 Å². The maximum Gasteiger partial charge on any atom is 0.307 e. The van der Waals surface area contributed by atoms with Crippen molar-refractivity contribution in [2.45, 2.75) is 50.6 Å². The van der Waals surface area contributed by atoms with E-state index < -0.39 is 10.1 Å². The second-order valence-electron chi connectivity index (χ2n) is 6.45. The van der Waals surface area contributed by atoms with Crippen LogP contribution in [0, 0.1) is 0 Å². The molecule has 9 heteroatoms. The number of aromatic nitrogens is 2. The smallest absolute Gasteiger partial charge is 0.307 e. The van der Waals surface area contributed by atoms with Gasteiger partial charge >= 0.3 is 10.1 Å². The lowest BCUT2D eigenvalue weighted by molar-refractivity contribution is 0.468. The molecule has 0 amide bonds. The first-order chi connectivity index (χ1) is 13.3. The molecule has 1 aromatic heterocycles. The predicted molar refractivity (Wildman–Crippen MR) is 115 cm³/mol. The van der Waals surface area contributed by atoms with Crippen LogP contribution in [0.5, 0.6) is 5.88 Å². The van der Waals surface area contributed by atoms with Crippen molar-refractivity contribution >= 4 is 33.5 Å². The van der Waals surface area contributed by atoms with Gasteiger partial charge in [0, 0.05) is 5.02 Å². The lowest BCUT2D eigenvalue weighted by Crippen LogP contribution is -2.27. The van der Waals surface area contributed by atoms with Gasteiger partial charge in [-0.3, -0.25) is 9.36 Å². The number of hydrogen-bond donors (Lipinski definition) is 0. The van der Waals surface area contributed by atoms with E-state index in [4.69, 9.17) is 15.8 Å². The minimum atomic E-state index is -3.81. The normalized spacial score (nSPS) is 11.6. The highest BCUT2D eigenvalue weighted by atomic mass is 35.5. The average Bonchev–Trinajstić information content (AvgIpc) is 2.61. The standard InChI is InChI=1S/C19H25ClN2O4S2/c1-4-5-6-7-8-12-16-17(26-28(3,24)25)21-19(27-2)22(18(16)23)15-11-9-10-14(20)13-15/h9-11,13H,4-8,12H2,1-3H3. The van der Waals surface area contributed by atoms with Crippen molar-refractivity contribution in [3.63, 3.8) is 0 Å². The summed E-state index contributed by atoms with van der Waals surface area (Å²) in [6.45, 7) is 2.13. The van der Waals surface area contributed by atoms with Gasteiger partial charge < -0.3 is 4.18 Å². The van der Waals surface area contributed by atoms with Crippen LogP contribution in [0.3, 0.4) is 0 Å². The Morgan fingerprint density at radius 1 is 1.21 bits per heavy atom. The second-order valence-corrected chi connectivity index (χ2v) is 9.24. The van der Waals surface area contributed by atoms with Crippen LogP contribution in [0.2, 0.25) is 5.02 Å². The summed E-state index contributed by atoms with van der Waals surface area (Å²) in [5.41, 5.74) is 0.503. The Labute approximate surface area is 175 Å². The Bertz CT molecular complexity index is 974. The van der Waals surface area contributed by atoms with Crippen LogP contribution in [0.4, 0.5) is 0 Å². The average molecular weight is 445 g/mol. The highest BCUT2D eigenvalue weighted by Gasteiger charge is 2.21. The van der Waals surface area contributed by atoms with Gasteiger partial charge in [0.1, 0.15) is 0 Å². The molecule has 0 fully saturated rings. The van der Waals surface area contributed by atoms with Crippen molar-refractivity contribution in [2.24, 2.45) is 0 Å². The summed E-state index contributed by atoms with van der Waals surface area (Å²) < 4.78 is 29.9. The molecule has 2 rings (SSSR count). The van der Waals surface area contributed by atoms with Crippen molar-refractivity contribution < 1.29 is 12.6 Å². The maximum absolute atomic E-state index is 13.3. The quantitative estimate of drug-likeness (QED) is 0.233. The molecule has 0 radical (unpaired) electrons. The zero-order valence-electron chi connectivity index (χ0n) is 16.3. The maximum atomic E-state index is 13.3. The molecule has 1 heterocycles. The van der Waals surface area contributed by atoms with Crippen LogP contribution < -0.4 is 9.74 Å². The second kappa shape index (κ2) is 10.3. The predicted octanol–water partition coefficient (Wildman–Crippen LogP) is 4.46. The Hall–Kier alpha value is -1.51. The molecule has 0 aliphatic carbocycles. The van der Waals surface area contributed by atoms with Gasteiger partial charge in [0.15, 0.2) is 5.16 Å². The van der Waals surface area contributed by atoms with Crippen molar-refractivity contribution in [3.8, 4) is 11.6 Å². The molecule has 0 bridgehead atoms. The minimum Gasteiger partial charge on any atom is -0.361 e. The van der Waals surface area contributed by atoms with E-state index in [9.17, 15) is 13.2 Å². The molecule has 0 N–H and O–H groups in total. The summed E-state index contributed by atoms with van der Waals surface area (Å²) in [6.07, 6.45) is 8.13. The van der Waals surface area contributed by atoms with Crippen LogP contribution in [-0.4, -0.2) is 30.5 Å². The topological polar surface area (TPSA) is 78.3 Å². The van der Waals surface area contributed by atoms with E-state index in [1.807, 2.05) is 0 Å². The first-order valence-corrected chi connectivity index (χ1v) is 12.5. The fourth-order valence-electron chi connectivity index (χ4n) is 2.83. The van der Waals surface area contributed by atoms with E-state index >= 15 is 0 Å². The monoisotopic (exact) mass is 444 g/mol. The molecule has 0 unspecified atom stereocenters. The van der Waals surface area contributed by atoms with Crippen LogP contribution in [0.1, 0.15) is 44.6 Å². The van der Waals surface area contributed by atoms with E-state index in [1.54, 1.807) is 30.5 Å². The fraction of sp³-hybridized carbons (Fsp3) is 0.474. The summed E-state index contributed by atoms with van der Waals surface area (Å²) in [5, 5.41) is 0.828. The summed E-state index contributed by atoms with van der Waals surface area (Å²) >= 11 is 7.31. The minimum absolute atomic E-state index is 0.134. The van der Waals surface area contributed by atoms with E-state index in [0.717, 1.165) is 38.4 Å². The summed E-state index contributed by atoms with van der Waals surface area (Å²) in [4.78, 5) is 17.6. The lowest BCUT2D eigenvalue weighted by Gasteiger charge is -2.15. The van der Waals surface area contributed by atoms with Gasteiger partial charge in [0.2, 0.25) is 5.88 Å². The molecule has 0 saturated carbocycles. The lowest BCUT2D eigenvalue weighted by atomic mass is 10.1. The zero-order valence-corrected chi connectivity index (χ0v) is 18.7. The molecule has 0 spiro atoms. The first-order valence-electron chi connectivity index (χ1n) is 9.12. The van der Waals surface area contributed by atoms with E-state index in [1.165, 1.54) is 16.3 Å². The Balaban J connectivity index is 2.54. The van der Waals surface area contributed by atoms with Crippen LogP contribution in [-0.2, 0) is 16.5 Å². The van der Waals surface area contributed by atoms with Gasteiger partial charge in [-0.1, -0.05) is 62.0 Å². The number of nitrogens with zero attached hydrogens (tertiary/aromatic N) is 2. The third kappa shape index (κ3) is 6.25. The van der Waals surface area contributed by atoms with Gasteiger partial charge in [-0.05, 0) is 37.3 Å². The SMILES string of the molecule is CCCCCCCc1c(OS(C)(=O)=O)nc(SC)n(-c2cccc(Cl)c2)c1=O. The number of hydrogen-bond acceptors (Lipinski definition) is 6. The molecule has 2 aromatic rings. The summed E-state index contributed by atoms with van der Waals surface area (Å²) in [7, 11) is -3.81. The van der Waals surface area contributed by atoms with Gasteiger partial charge in [-0.15, -0.1) is 0 Å². The Kier molecular flexibility index (Phi) is 8.39. The molecule has 0 atom stereocenters.